The van der Waals surface area contributed by atoms with Gasteiger partial charge in [0.15, 0.2) is 0 Å². The Morgan fingerprint density at radius 3 is 2.95 bits per heavy atom. The van der Waals surface area contributed by atoms with E-state index in [4.69, 9.17) is 0 Å². The highest BCUT2D eigenvalue weighted by Gasteiger charge is 2.36. The Morgan fingerprint density at radius 1 is 1.45 bits per heavy atom. The first-order chi connectivity index (χ1) is 10.4. The second kappa shape index (κ2) is 5.60. The largest absolute Gasteiger partial charge is 0.481 e. The summed E-state index contributed by atoms with van der Waals surface area (Å²) >= 11 is 1.43. The van der Waals surface area contributed by atoms with E-state index in [0.29, 0.717) is 13.0 Å². The lowest BCUT2D eigenvalue weighted by atomic mass is 9.92. The highest BCUT2D eigenvalue weighted by Crippen LogP contribution is 2.29. The van der Waals surface area contributed by atoms with Crippen molar-refractivity contribution in [1.82, 2.24) is 9.29 Å². The van der Waals surface area contributed by atoms with Gasteiger partial charge >= 0.3 is 5.97 Å². The number of hydrogen-bond donors (Lipinski definition) is 1. The molecule has 1 saturated heterocycles. The van der Waals surface area contributed by atoms with Crippen LogP contribution in [0.3, 0.4) is 0 Å². The summed E-state index contributed by atoms with van der Waals surface area (Å²) in [4.78, 5) is 15.5. The van der Waals surface area contributed by atoms with Crippen LogP contribution in [0.5, 0.6) is 0 Å². The summed E-state index contributed by atoms with van der Waals surface area (Å²) in [5.41, 5.74) is 0.763. The highest BCUT2D eigenvalue weighted by atomic mass is 32.2. The number of pyridine rings is 1. The van der Waals surface area contributed by atoms with Crippen LogP contribution in [-0.4, -0.2) is 41.9 Å². The first kappa shape index (κ1) is 15.4. The molecule has 1 aliphatic rings. The van der Waals surface area contributed by atoms with Gasteiger partial charge in [-0.3, -0.25) is 9.78 Å². The Labute approximate surface area is 132 Å². The molecule has 22 heavy (non-hydrogen) atoms. The van der Waals surface area contributed by atoms with Crippen LogP contribution in [0, 0.1) is 11.8 Å². The molecule has 2 atom stereocenters. The smallest absolute Gasteiger partial charge is 0.307 e. The average molecular weight is 340 g/mol. The second-order valence-electron chi connectivity index (χ2n) is 5.67. The number of fused-ring (bicyclic) bond motifs is 1. The number of hydrogen-bond acceptors (Lipinski definition) is 5. The molecule has 6 nitrogen and oxygen atoms in total. The third-order valence-corrected chi connectivity index (χ3v) is 6.54. The molecule has 8 heteroatoms. The molecule has 1 aliphatic heterocycles. The van der Waals surface area contributed by atoms with Crippen molar-refractivity contribution in [3.63, 3.8) is 0 Å². The van der Waals surface area contributed by atoms with Gasteiger partial charge in [0.05, 0.1) is 16.1 Å². The molecule has 1 N–H and O–H groups in total. The fourth-order valence-corrected chi connectivity index (χ4v) is 5.23. The van der Waals surface area contributed by atoms with Gasteiger partial charge in [0.2, 0.25) is 10.0 Å². The number of carboxylic acids is 1. The third kappa shape index (κ3) is 2.73. The Bertz CT molecular complexity index is 815. The zero-order valence-electron chi connectivity index (χ0n) is 12.0. The van der Waals surface area contributed by atoms with E-state index in [9.17, 15) is 18.3 Å². The number of piperidine rings is 1. The summed E-state index contributed by atoms with van der Waals surface area (Å²) in [6.45, 7) is 2.23. The normalized spacial score (nSPS) is 23.7. The molecule has 0 saturated carbocycles. The van der Waals surface area contributed by atoms with E-state index < -0.39 is 21.9 Å². The fraction of sp³-hybridized carbons (Fsp3) is 0.429. The number of aliphatic carboxylic acids is 1. The first-order valence-electron chi connectivity index (χ1n) is 6.94. The summed E-state index contributed by atoms with van der Waals surface area (Å²) in [5, 5.41) is 11.1. The maximum Gasteiger partial charge on any atom is 0.307 e. The van der Waals surface area contributed by atoms with Crippen LogP contribution >= 0.6 is 11.3 Å². The number of carbonyl (C=O) groups is 1. The van der Waals surface area contributed by atoms with Crippen molar-refractivity contribution in [3.05, 3.63) is 23.7 Å². The minimum absolute atomic E-state index is 0.0167. The van der Waals surface area contributed by atoms with Crippen molar-refractivity contribution < 1.29 is 18.3 Å². The highest BCUT2D eigenvalue weighted by molar-refractivity contribution is 7.89. The van der Waals surface area contributed by atoms with E-state index in [1.54, 1.807) is 6.07 Å². The van der Waals surface area contributed by atoms with Gasteiger partial charge in [0.1, 0.15) is 4.90 Å². The van der Waals surface area contributed by atoms with Crippen molar-refractivity contribution in [1.29, 1.82) is 0 Å². The van der Waals surface area contributed by atoms with E-state index in [-0.39, 0.29) is 17.4 Å². The number of sulfonamides is 1. The van der Waals surface area contributed by atoms with Gasteiger partial charge in [-0.05, 0) is 29.9 Å². The lowest BCUT2D eigenvalue weighted by Crippen LogP contribution is -2.45. The van der Waals surface area contributed by atoms with Crippen LogP contribution in [0.25, 0.3) is 10.2 Å². The summed E-state index contributed by atoms with van der Waals surface area (Å²) in [6, 6.07) is 3.44. The van der Waals surface area contributed by atoms with Gasteiger partial charge in [-0.2, -0.15) is 4.31 Å². The van der Waals surface area contributed by atoms with Gasteiger partial charge in [0.25, 0.3) is 0 Å². The van der Waals surface area contributed by atoms with E-state index in [2.05, 4.69) is 4.98 Å². The number of carboxylic acid groups (broad SMARTS) is 1. The number of rotatable bonds is 3. The van der Waals surface area contributed by atoms with Crippen LogP contribution in [0.2, 0.25) is 0 Å². The fourth-order valence-electron chi connectivity index (χ4n) is 2.80. The van der Waals surface area contributed by atoms with Gasteiger partial charge in [-0.15, -0.1) is 11.3 Å². The zero-order chi connectivity index (χ0) is 15.9. The molecular weight excluding hydrogens is 324 g/mol. The predicted octanol–water partition coefficient (Wildman–Crippen LogP) is 2.03. The van der Waals surface area contributed by atoms with Crippen LogP contribution in [0.4, 0.5) is 0 Å². The van der Waals surface area contributed by atoms with Crippen molar-refractivity contribution in [3.8, 4) is 0 Å². The molecule has 0 radical (unpaired) electrons. The summed E-state index contributed by atoms with van der Waals surface area (Å²) in [6.07, 6.45) is 1.85. The van der Waals surface area contributed by atoms with Crippen LogP contribution in [-0.2, 0) is 14.8 Å². The number of nitrogens with zero attached hydrogens (tertiary/aromatic N) is 2. The number of thiophene rings is 1. The minimum atomic E-state index is -3.72. The molecule has 2 aromatic heterocycles. The molecule has 0 spiro atoms. The topological polar surface area (TPSA) is 87.6 Å². The maximum absolute atomic E-state index is 12.8. The van der Waals surface area contributed by atoms with Gasteiger partial charge in [0, 0.05) is 19.3 Å². The third-order valence-electron chi connectivity index (χ3n) is 3.89. The lowest BCUT2D eigenvalue weighted by molar-refractivity contribution is -0.143. The Kier molecular flexibility index (Phi) is 3.92. The first-order valence-corrected chi connectivity index (χ1v) is 9.26. The quantitative estimate of drug-likeness (QED) is 0.924. The molecule has 118 valence electrons. The molecule has 1 fully saturated rings. The van der Waals surface area contributed by atoms with Crippen molar-refractivity contribution >= 4 is 37.5 Å². The molecule has 3 heterocycles. The molecule has 0 aliphatic carbocycles. The van der Waals surface area contributed by atoms with Crippen LogP contribution in [0.1, 0.15) is 13.3 Å². The molecular formula is C14H16N2O4S2. The number of aromatic nitrogens is 1. The van der Waals surface area contributed by atoms with Crippen molar-refractivity contribution in [2.75, 3.05) is 13.1 Å². The van der Waals surface area contributed by atoms with Gasteiger partial charge in [-0.25, -0.2) is 8.42 Å². The molecule has 0 bridgehead atoms. The summed E-state index contributed by atoms with van der Waals surface area (Å²) in [7, 11) is -3.72. The van der Waals surface area contributed by atoms with E-state index in [0.717, 1.165) is 10.2 Å². The van der Waals surface area contributed by atoms with Gasteiger partial charge in [-0.1, -0.05) is 6.92 Å². The van der Waals surface area contributed by atoms with E-state index >= 15 is 0 Å². The van der Waals surface area contributed by atoms with Crippen LogP contribution < -0.4 is 0 Å². The second-order valence-corrected chi connectivity index (χ2v) is 8.56. The van der Waals surface area contributed by atoms with E-state index in [1.807, 2.05) is 18.4 Å². The predicted molar refractivity (Wildman–Crippen MR) is 83.3 cm³/mol. The maximum atomic E-state index is 12.8. The van der Waals surface area contributed by atoms with Gasteiger partial charge < -0.3 is 5.11 Å². The summed E-state index contributed by atoms with van der Waals surface area (Å²) in [5.74, 6) is -1.58. The SMILES string of the molecule is CC1CC(C(=O)O)CN(S(=O)(=O)c2cnc3ccsc3c2)C1. The lowest BCUT2D eigenvalue weighted by Gasteiger charge is -2.33. The minimum Gasteiger partial charge on any atom is -0.481 e. The molecule has 0 amide bonds. The standard InChI is InChI=1S/C14H16N2O4S2/c1-9-4-10(14(17)18)8-16(7-9)22(19,20)11-5-13-12(15-6-11)2-3-21-13/h2-3,5-6,9-10H,4,7-8H2,1H3,(H,17,18). The van der Waals surface area contributed by atoms with E-state index in [1.165, 1.54) is 21.8 Å². The van der Waals surface area contributed by atoms with Crippen molar-refractivity contribution in [2.45, 2.75) is 18.2 Å². The molecule has 0 aromatic carbocycles. The molecule has 2 unspecified atom stereocenters. The summed E-state index contributed by atoms with van der Waals surface area (Å²) < 4.78 is 27.6. The zero-order valence-corrected chi connectivity index (χ0v) is 13.6. The molecule has 2 aromatic rings. The van der Waals surface area contributed by atoms with Crippen molar-refractivity contribution in [2.24, 2.45) is 11.8 Å². The Hall–Kier alpha value is -1.51. The molecule has 3 rings (SSSR count). The Morgan fingerprint density at radius 2 is 2.23 bits per heavy atom. The monoisotopic (exact) mass is 340 g/mol. The Balaban J connectivity index is 1.95. The van der Waals surface area contributed by atoms with Crippen LogP contribution in [0.15, 0.2) is 28.6 Å². The average Bonchev–Trinajstić information content (AvgIpc) is 2.93.